The van der Waals surface area contributed by atoms with Gasteiger partial charge in [0, 0.05) is 43.9 Å². The number of hydrogen-bond donors (Lipinski definition) is 3. The summed E-state index contributed by atoms with van der Waals surface area (Å²) in [6.07, 6.45) is 0.869. The van der Waals surface area contributed by atoms with Crippen molar-refractivity contribution in [2.75, 3.05) is 55.4 Å². The predicted octanol–water partition coefficient (Wildman–Crippen LogP) is 3.52. The van der Waals surface area contributed by atoms with Gasteiger partial charge in [0.15, 0.2) is 5.82 Å². The molecule has 0 radical (unpaired) electrons. The van der Waals surface area contributed by atoms with Gasteiger partial charge in [0.1, 0.15) is 6.10 Å². The van der Waals surface area contributed by atoms with Gasteiger partial charge in [-0.15, -0.1) is 0 Å². The number of rotatable bonds is 7. The fourth-order valence-electron chi connectivity index (χ4n) is 5.26. The first-order valence-electron chi connectivity index (χ1n) is 13.9. The van der Waals surface area contributed by atoms with E-state index in [9.17, 15) is 18.0 Å². The molecule has 6 rings (SSSR count). The number of aromatic amines is 1. The average Bonchev–Trinajstić information content (AvgIpc) is 3.69. The number of anilines is 3. The fraction of sp³-hybridized carbons (Fsp3) is 0.300. The number of sulfone groups is 1. The highest BCUT2D eigenvalue weighted by molar-refractivity contribution is 7.91. The van der Waals surface area contributed by atoms with E-state index in [1.807, 2.05) is 12.1 Å². The molecule has 0 spiro atoms. The molecule has 42 heavy (non-hydrogen) atoms. The van der Waals surface area contributed by atoms with Gasteiger partial charge in [-0.2, -0.15) is 5.10 Å². The van der Waals surface area contributed by atoms with Crippen molar-refractivity contribution in [3.05, 3.63) is 72.3 Å². The second-order valence-corrected chi connectivity index (χ2v) is 12.5. The summed E-state index contributed by atoms with van der Waals surface area (Å²) in [6.45, 7) is 4.01. The van der Waals surface area contributed by atoms with E-state index in [-0.39, 0.29) is 27.1 Å². The zero-order valence-corrected chi connectivity index (χ0v) is 24.0. The van der Waals surface area contributed by atoms with Crippen molar-refractivity contribution >= 4 is 49.7 Å². The molecule has 2 aliphatic heterocycles. The van der Waals surface area contributed by atoms with Crippen LogP contribution in [0.3, 0.4) is 0 Å². The highest BCUT2D eigenvalue weighted by Gasteiger charge is 2.26. The molecule has 3 aromatic carbocycles. The molecule has 2 amide bonds. The van der Waals surface area contributed by atoms with Crippen LogP contribution in [0.2, 0.25) is 0 Å². The third-order valence-electron chi connectivity index (χ3n) is 7.73. The summed E-state index contributed by atoms with van der Waals surface area (Å²) in [5, 5.41) is 13.3. The Bertz CT molecular complexity index is 1730. The topological polar surface area (TPSA) is 137 Å². The lowest BCUT2D eigenvalue weighted by Gasteiger charge is -2.34. The molecule has 0 aliphatic carbocycles. The molecule has 3 heterocycles. The molecule has 0 unspecified atom stereocenters. The van der Waals surface area contributed by atoms with Crippen molar-refractivity contribution in [2.24, 2.45) is 0 Å². The van der Waals surface area contributed by atoms with Crippen LogP contribution in [0.5, 0.6) is 0 Å². The molecule has 0 bridgehead atoms. The minimum absolute atomic E-state index is 0.0825. The minimum Gasteiger partial charge on any atom is -0.369 e. The number of H-pyrrole nitrogens is 1. The fourth-order valence-corrected chi connectivity index (χ4v) is 6.57. The quantitative estimate of drug-likeness (QED) is 0.298. The average molecular weight is 589 g/mol. The number of piperazine rings is 1. The standard InChI is InChI=1S/C30H32N6O5S/c1-35-13-15-36(16-14-35)20-9-11-23(26(18-20)31-30(38)27-8-5-17-41-27)29(37)32-28-24-19-22(10-12-25(24)33-34-28)42(39,40)21-6-3-2-4-7-21/h2-4,6-7,9-12,18-19,27H,5,8,13-17H2,1H3,(H,31,38)(H2,32,33,34,37)/t27-/m0/s1. The van der Waals surface area contributed by atoms with E-state index in [0.717, 1.165) is 38.3 Å². The van der Waals surface area contributed by atoms with Crippen LogP contribution in [-0.2, 0) is 19.4 Å². The van der Waals surface area contributed by atoms with E-state index in [2.05, 4.69) is 37.7 Å². The van der Waals surface area contributed by atoms with E-state index < -0.39 is 21.8 Å². The van der Waals surface area contributed by atoms with Gasteiger partial charge in [0.05, 0.1) is 26.6 Å². The van der Waals surface area contributed by atoms with Crippen molar-refractivity contribution < 1.29 is 22.7 Å². The number of hydrogen-bond acceptors (Lipinski definition) is 8. The predicted molar refractivity (Wildman–Crippen MR) is 160 cm³/mol. The van der Waals surface area contributed by atoms with Gasteiger partial charge < -0.3 is 25.2 Å². The minimum atomic E-state index is -3.77. The van der Waals surface area contributed by atoms with Crippen LogP contribution in [0.25, 0.3) is 10.9 Å². The van der Waals surface area contributed by atoms with Crippen molar-refractivity contribution in [1.82, 2.24) is 15.1 Å². The van der Waals surface area contributed by atoms with E-state index in [4.69, 9.17) is 4.74 Å². The lowest BCUT2D eigenvalue weighted by Crippen LogP contribution is -2.44. The second kappa shape index (κ2) is 11.6. The smallest absolute Gasteiger partial charge is 0.258 e. The first-order valence-corrected chi connectivity index (χ1v) is 15.4. The summed E-state index contributed by atoms with van der Waals surface area (Å²) in [4.78, 5) is 31.4. The number of ether oxygens (including phenoxy) is 1. The number of nitrogens with zero attached hydrogens (tertiary/aromatic N) is 3. The first kappa shape index (κ1) is 27.9. The molecule has 3 N–H and O–H groups in total. The van der Waals surface area contributed by atoms with Crippen molar-refractivity contribution in [3.63, 3.8) is 0 Å². The third-order valence-corrected chi connectivity index (χ3v) is 9.49. The number of amides is 2. The largest absolute Gasteiger partial charge is 0.369 e. The van der Waals surface area contributed by atoms with Crippen LogP contribution < -0.4 is 15.5 Å². The molecular formula is C30H32N6O5S. The molecule has 2 fully saturated rings. The molecule has 12 heteroatoms. The van der Waals surface area contributed by atoms with Crippen molar-refractivity contribution in [2.45, 2.75) is 28.7 Å². The summed E-state index contributed by atoms with van der Waals surface area (Å²) in [7, 11) is -1.69. The van der Waals surface area contributed by atoms with E-state index >= 15 is 0 Å². The van der Waals surface area contributed by atoms with Gasteiger partial charge >= 0.3 is 0 Å². The SMILES string of the molecule is CN1CCN(c2ccc(C(=O)Nc3n[nH]c4ccc(S(=O)(=O)c5ccccc5)cc34)c(NC(=O)[C@@H]3CCCO3)c2)CC1. The maximum atomic E-state index is 13.6. The Hall–Kier alpha value is -4.26. The summed E-state index contributed by atoms with van der Waals surface area (Å²) >= 11 is 0. The zero-order chi connectivity index (χ0) is 29.3. The second-order valence-electron chi connectivity index (χ2n) is 10.6. The first-order chi connectivity index (χ1) is 20.3. The molecule has 2 saturated heterocycles. The highest BCUT2D eigenvalue weighted by atomic mass is 32.2. The van der Waals surface area contributed by atoms with E-state index in [1.54, 1.807) is 30.3 Å². The lowest BCUT2D eigenvalue weighted by molar-refractivity contribution is -0.124. The van der Waals surface area contributed by atoms with Gasteiger partial charge in [-0.3, -0.25) is 14.7 Å². The number of aromatic nitrogens is 2. The van der Waals surface area contributed by atoms with Gasteiger partial charge in [-0.05, 0) is 68.4 Å². The Morgan fingerprint density at radius 1 is 0.952 bits per heavy atom. The third kappa shape index (κ3) is 5.60. The number of likely N-dealkylation sites (N-methyl/N-ethyl adjacent to an activating group) is 1. The summed E-state index contributed by atoms with van der Waals surface area (Å²) < 4.78 is 32.0. The van der Waals surface area contributed by atoms with Crippen LogP contribution in [0.15, 0.2) is 76.5 Å². The lowest BCUT2D eigenvalue weighted by atomic mass is 10.1. The van der Waals surface area contributed by atoms with Crippen molar-refractivity contribution in [1.29, 1.82) is 0 Å². The van der Waals surface area contributed by atoms with Crippen LogP contribution in [0.1, 0.15) is 23.2 Å². The molecular weight excluding hydrogens is 556 g/mol. The monoisotopic (exact) mass is 588 g/mol. The molecule has 1 aromatic heterocycles. The normalized spacial score (nSPS) is 17.8. The number of nitrogens with one attached hydrogen (secondary N) is 3. The van der Waals surface area contributed by atoms with Gasteiger partial charge in [-0.25, -0.2) is 8.42 Å². The van der Waals surface area contributed by atoms with Gasteiger partial charge in [0.25, 0.3) is 11.8 Å². The molecule has 1 atom stereocenters. The van der Waals surface area contributed by atoms with Gasteiger partial charge in [-0.1, -0.05) is 18.2 Å². The molecule has 218 valence electrons. The Balaban J connectivity index is 1.30. The Morgan fingerprint density at radius 2 is 1.74 bits per heavy atom. The highest BCUT2D eigenvalue weighted by Crippen LogP contribution is 2.30. The number of carbonyl (C=O) groups excluding carboxylic acids is 2. The van der Waals surface area contributed by atoms with E-state index in [1.165, 1.54) is 24.3 Å². The molecule has 11 nitrogen and oxygen atoms in total. The number of benzene rings is 3. The Labute approximate surface area is 243 Å². The Kier molecular flexibility index (Phi) is 7.67. The van der Waals surface area contributed by atoms with Crippen LogP contribution in [-0.4, -0.2) is 81.3 Å². The van der Waals surface area contributed by atoms with Crippen LogP contribution in [0.4, 0.5) is 17.2 Å². The summed E-state index contributed by atoms with van der Waals surface area (Å²) in [6, 6.07) is 18.2. The number of carbonyl (C=O) groups is 2. The Morgan fingerprint density at radius 3 is 2.48 bits per heavy atom. The number of fused-ring (bicyclic) bond motifs is 1. The summed E-state index contributed by atoms with van der Waals surface area (Å²) in [5.74, 6) is -0.606. The molecule has 4 aromatic rings. The molecule has 2 aliphatic rings. The maximum absolute atomic E-state index is 13.6. The maximum Gasteiger partial charge on any atom is 0.258 e. The van der Waals surface area contributed by atoms with Crippen LogP contribution in [0, 0.1) is 0 Å². The molecule has 0 saturated carbocycles. The summed E-state index contributed by atoms with van der Waals surface area (Å²) in [5.41, 5.74) is 2.10. The van der Waals surface area contributed by atoms with Crippen LogP contribution >= 0.6 is 0 Å². The van der Waals surface area contributed by atoms with Gasteiger partial charge in [0.2, 0.25) is 9.84 Å². The zero-order valence-electron chi connectivity index (χ0n) is 23.2. The van der Waals surface area contributed by atoms with Crippen molar-refractivity contribution in [3.8, 4) is 0 Å². The van der Waals surface area contributed by atoms with E-state index in [0.29, 0.717) is 29.6 Å².